The van der Waals surface area contributed by atoms with Crippen LogP contribution >= 0.6 is 23.2 Å². The molecule has 2 amide bonds. The first-order valence-electron chi connectivity index (χ1n) is 4.25. The van der Waals surface area contributed by atoms with Crippen LogP contribution in [0.25, 0.3) is 5.57 Å². The maximum absolute atomic E-state index is 11.4. The van der Waals surface area contributed by atoms with Gasteiger partial charge in [0.1, 0.15) is 0 Å². The van der Waals surface area contributed by atoms with Gasteiger partial charge in [0, 0.05) is 10.6 Å². The van der Waals surface area contributed by atoms with Gasteiger partial charge in [0.2, 0.25) is 0 Å². The third-order valence-electron chi connectivity index (χ3n) is 2.11. The molecule has 1 aromatic rings. The van der Waals surface area contributed by atoms with Crippen molar-refractivity contribution >= 4 is 40.6 Å². The summed E-state index contributed by atoms with van der Waals surface area (Å²) in [7, 11) is 0. The van der Waals surface area contributed by atoms with Gasteiger partial charge >= 0.3 is 0 Å². The summed E-state index contributed by atoms with van der Waals surface area (Å²) in [6.07, 6.45) is 0. The summed E-state index contributed by atoms with van der Waals surface area (Å²) in [5.41, 5.74) is 0.138. The predicted molar refractivity (Wildman–Crippen MR) is 59.2 cm³/mol. The van der Waals surface area contributed by atoms with E-state index in [2.05, 4.69) is 0 Å². The van der Waals surface area contributed by atoms with Crippen LogP contribution < -0.4 is 5.32 Å². The monoisotopic (exact) mass is 257 g/mol. The van der Waals surface area contributed by atoms with Gasteiger partial charge in [-0.1, -0.05) is 29.3 Å². The van der Waals surface area contributed by atoms with Crippen LogP contribution in [0, 0.1) is 0 Å². The molecule has 0 saturated carbocycles. The number of amides is 2. The molecule has 4 nitrogen and oxygen atoms in total. The Bertz CT molecular complexity index is 537. The lowest BCUT2D eigenvalue weighted by atomic mass is 10.1. The smallest absolute Gasteiger partial charge is 0.293 e. The minimum Gasteiger partial charge on any atom is -0.502 e. The maximum Gasteiger partial charge on any atom is 0.293 e. The lowest BCUT2D eigenvalue weighted by molar-refractivity contribution is -0.124. The van der Waals surface area contributed by atoms with Crippen LogP contribution in [0.5, 0.6) is 0 Å². The summed E-state index contributed by atoms with van der Waals surface area (Å²) in [4.78, 5) is 22.4. The summed E-state index contributed by atoms with van der Waals surface area (Å²) in [6, 6.07) is 4.41. The van der Waals surface area contributed by atoms with E-state index >= 15 is 0 Å². The van der Waals surface area contributed by atoms with Crippen molar-refractivity contribution in [3.63, 3.8) is 0 Å². The van der Waals surface area contributed by atoms with Gasteiger partial charge < -0.3 is 5.11 Å². The third kappa shape index (κ3) is 1.66. The lowest BCUT2D eigenvalue weighted by Gasteiger charge is -2.03. The molecule has 0 atom stereocenters. The SMILES string of the molecule is O=C1NC(=O)C(c2ccc(Cl)cc2Cl)=C1O. The largest absolute Gasteiger partial charge is 0.502 e. The zero-order valence-corrected chi connectivity index (χ0v) is 9.26. The van der Waals surface area contributed by atoms with Gasteiger partial charge in [-0.05, 0) is 12.1 Å². The number of nitrogens with one attached hydrogen (secondary N) is 1. The molecule has 82 valence electrons. The molecule has 0 fully saturated rings. The molecule has 1 aromatic carbocycles. The maximum atomic E-state index is 11.4. The van der Waals surface area contributed by atoms with E-state index < -0.39 is 17.6 Å². The number of rotatable bonds is 1. The highest BCUT2D eigenvalue weighted by Gasteiger charge is 2.32. The first-order valence-corrected chi connectivity index (χ1v) is 5.00. The first kappa shape index (κ1) is 11.0. The molecule has 0 unspecified atom stereocenters. The van der Waals surface area contributed by atoms with Gasteiger partial charge in [0.25, 0.3) is 11.8 Å². The highest BCUT2D eigenvalue weighted by Crippen LogP contribution is 2.30. The van der Waals surface area contributed by atoms with E-state index in [-0.39, 0.29) is 16.2 Å². The summed E-state index contributed by atoms with van der Waals surface area (Å²) in [5, 5.41) is 12.0. The molecular weight excluding hydrogens is 253 g/mol. The molecule has 0 spiro atoms. The van der Waals surface area contributed by atoms with Crippen LogP contribution in [-0.4, -0.2) is 16.9 Å². The Hall–Kier alpha value is -1.52. The number of aliphatic hydroxyl groups is 1. The minimum atomic E-state index is -0.828. The summed E-state index contributed by atoms with van der Waals surface area (Å²) >= 11 is 11.6. The van der Waals surface area contributed by atoms with Gasteiger partial charge in [-0.15, -0.1) is 0 Å². The molecule has 16 heavy (non-hydrogen) atoms. The molecule has 1 aliphatic rings. The van der Waals surface area contributed by atoms with Crippen LogP contribution in [0.1, 0.15) is 5.56 Å². The highest BCUT2D eigenvalue weighted by molar-refractivity contribution is 6.40. The molecule has 0 aromatic heterocycles. The number of imide groups is 1. The normalized spacial score (nSPS) is 15.6. The Morgan fingerprint density at radius 1 is 1.12 bits per heavy atom. The zero-order valence-electron chi connectivity index (χ0n) is 7.75. The van der Waals surface area contributed by atoms with Crippen molar-refractivity contribution in [1.29, 1.82) is 0 Å². The fourth-order valence-corrected chi connectivity index (χ4v) is 1.89. The Balaban J connectivity index is 2.61. The van der Waals surface area contributed by atoms with E-state index in [4.69, 9.17) is 23.2 Å². The third-order valence-corrected chi connectivity index (χ3v) is 2.65. The Kier molecular flexibility index (Phi) is 2.61. The first-order chi connectivity index (χ1) is 7.50. The van der Waals surface area contributed by atoms with Crippen molar-refractivity contribution in [2.75, 3.05) is 0 Å². The Morgan fingerprint density at radius 2 is 1.81 bits per heavy atom. The Labute approximate surface area is 100 Å². The summed E-state index contributed by atoms with van der Waals surface area (Å²) in [5.74, 6) is -2.13. The molecule has 6 heteroatoms. The van der Waals surface area contributed by atoms with Gasteiger partial charge in [-0.3, -0.25) is 14.9 Å². The summed E-state index contributed by atoms with van der Waals surface area (Å²) < 4.78 is 0. The van der Waals surface area contributed by atoms with E-state index in [1.165, 1.54) is 18.2 Å². The van der Waals surface area contributed by atoms with Crippen molar-refractivity contribution in [3.8, 4) is 0 Å². The van der Waals surface area contributed by atoms with Gasteiger partial charge in [-0.2, -0.15) is 0 Å². The quantitative estimate of drug-likeness (QED) is 0.756. The number of carbonyl (C=O) groups is 2. The number of hydrogen-bond acceptors (Lipinski definition) is 3. The van der Waals surface area contributed by atoms with E-state index in [0.29, 0.717) is 5.02 Å². The average molecular weight is 258 g/mol. The molecule has 0 saturated heterocycles. The average Bonchev–Trinajstić information content (AvgIpc) is 2.43. The predicted octanol–water partition coefficient (Wildman–Crippen LogP) is 1.92. The molecule has 2 rings (SSSR count). The number of hydrogen-bond donors (Lipinski definition) is 2. The second-order valence-corrected chi connectivity index (χ2v) is 3.97. The van der Waals surface area contributed by atoms with Gasteiger partial charge in [0.05, 0.1) is 10.6 Å². The van der Waals surface area contributed by atoms with Crippen LogP contribution in [0.3, 0.4) is 0 Å². The topological polar surface area (TPSA) is 66.4 Å². The van der Waals surface area contributed by atoms with Gasteiger partial charge in [0.15, 0.2) is 5.76 Å². The molecule has 1 heterocycles. The van der Waals surface area contributed by atoms with Crippen molar-refractivity contribution < 1.29 is 14.7 Å². The molecule has 2 N–H and O–H groups in total. The molecule has 1 aliphatic heterocycles. The van der Waals surface area contributed by atoms with Crippen molar-refractivity contribution in [3.05, 3.63) is 39.6 Å². The van der Waals surface area contributed by atoms with Crippen LogP contribution in [0.15, 0.2) is 24.0 Å². The number of carbonyl (C=O) groups excluding carboxylic acids is 2. The van der Waals surface area contributed by atoms with E-state index in [1.807, 2.05) is 5.32 Å². The fraction of sp³-hybridized carbons (Fsp3) is 0. The van der Waals surface area contributed by atoms with Crippen LogP contribution in [-0.2, 0) is 9.59 Å². The number of benzene rings is 1. The van der Waals surface area contributed by atoms with Crippen LogP contribution in [0.2, 0.25) is 10.0 Å². The molecule has 0 bridgehead atoms. The standard InChI is InChI=1S/C10H5Cl2NO3/c11-4-1-2-5(6(12)3-4)7-8(14)10(16)13-9(7)15/h1-3H,(H2,13,14,15,16). The van der Waals surface area contributed by atoms with Crippen molar-refractivity contribution in [2.24, 2.45) is 0 Å². The van der Waals surface area contributed by atoms with E-state index in [9.17, 15) is 14.7 Å². The zero-order chi connectivity index (χ0) is 11.9. The van der Waals surface area contributed by atoms with E-state index in [1.54, 1.807) is 0 Å². The van der Waals surface area contributed by atoms with E-state index in [0.717, 1.165) is 0 Å². The second-order valence-electron chi connectivity index (χ2n) is 3.13. The lowest BCUT2D eigenvalue weighted by Crippen LogP contribution is -2.22. The molecular formula is C10H5Cl2NO3. The second kappa shape index (κ2) is 3.81. The number of aliphatic hydroxyl groups excluding tert-OH is 1. The highest BCUT2D eigenvalue weighted by atomic mass is 35.5. The minimum absolute atomic E-state index is 0.133. The summed E-state index contributed by atoms with van der Waals surface area (Å²) in [6.45, 7) is 0. The molecule has 0 aliphatic carbocycles. The van der Waals surface area contributed by atoms with Crippen molar-refractivity contribution in [1.82, 2.24) is 5.32 Å². The number of halogens is 2. The van der Waals surface area contributed by atoms with Crippen molar-refractivity contribution in [2.45, 2.75) is 0 Å². The molecule has 0 radical (unpaired) electrons. The fourth-order valence-electron chi connectivity index (χ4n) is 1.39. The Morgan fingerprint density at radius 3 is 2.31 bits per heavy atom. The van der Waals surface area contributed by atoms with Gasteiger partial charge in [-0.25, -0.2) is 0 Å². The van der Waals surface area contributed by atoms with Crippen LogP contribution in [0.4, 0.5) is 0 Å².